The Morgan fingerprint density at radius 2 is 2.15 bits per heavy atom. The van der Waals surface area contributed by atoms with Gasteiger partial charge < -0.3 is 10.2 Å². The fourth-order valence-electron chi connectivity index (χ4n) is 2.04. The van der Waals surface area contributed by atoms with E-state index in [2.05, 4.69) is 49.1 Å². The van der Waals surface area contributed by atoms with Crippen molar-refractivity contribution >= 4 is 5.82 Å². The quantitative estimate of drug-likeness (QED) is 0.738. The summed E-state index contributed by atoms with van der Waals surface area (Å²) in [5.41, 5.74) is 2.43. The second-order valence-corrected chi connectivity index (χ2v) is 5.66. The first-order chi connectivity index (χ1) is 9.56. The lowest BCUT2D eigenvalue weighted by Gasteiger charge is -2.18. The summed E-state index contributed by atoms with van der Waals surface area (Å²) in [6, 6.07) is 4.33. The average Bonchev–Trinajstić information content (AvgIpc) is 2.38. The van der Waals surface area contributed by atoms with Gasteiger partial charge in [0.05, 0.1) is 6.54 Å². The molecule has 0 saturated heterocycles. The molecule has 0 aliphatic heterocycles. The molecular formula is C17H27N3. The lowest BCUT2D eigenvalue weighted by Crippen LogP contribution is -2.21. The standard InChI is InChI=1S/C17H27N3/c1-6-8-16-10-15(13-18-12-14(3)4)11-17(19-16)20(5)9-7-2/h2,10-11,14,18H,6,8-9,12-13H2,1,3-5H3. The van der Waals surface area contributed by atoms with Crippen molar-refractivity contribution in [3.8, 4) is 12.3 Å². The summed E-state index contributed by atoms with van der Waals surface area (Å²) in [7, 11) is 1.99. The molecule has 0 saturated carbocycles. The first-order valence-corrected chi connectivity index (χ1v) is 7.42. The molecule has 0 aromatic carbocycles. The van der Waals surface area contributed by atoms with Crippen LogP contribution in [-0.2, 0) is 13.0 Å². The minimum Gasteiger partial charge on any atom is -0.349 e. The Morgan fingerprint density at radius 3 is 2.75 bits per heavy atom. The molecule has 1 aromatic rings. The summed E-state index contributed by atoms with van der Waals surface area (Å²) >= 11 is 0. The van der Waals surface area contributed by atoms with Crippen LogP contribution < -0.4 is 10.2 Å². The van der Waals surface area contributed by atoms with Gasteiger partial charge in [0.25, 0.3) is 0 Å². The fraction of sp³-hybridized carbons (Fsp3) is 0.588. The number of aryl methyl sites for hydroxylation is 1. The Morgan fingerprint density at radius 1 is 1.40 bits per heavy atom. The maximum atomic E-state index is 5.38. The van der Waals surface area contributed by atoms with Gasteiger partial charge in [-0.05, 0) is 36.6 Å². The summed E-state index contributed by atoms with van der Waals surface area (Å²) in [5, 5.41) is 3.48. The molecule has 110 valence electrons. The van der Waals surface area contributed by atoms with Crippen LogP contribution in [0.25, 0.3) is 0 Å². The molecule has 0 aliphatic carbocycles. The number of pyridine rings is 1. The minimum atomic E-state index is 0.585. The van der Waals surface area contributed by atoms with Crippen LogP contribution in [0.2, 0.25) is 0 Å². The number of rotatable bonds is 8. The van der Waals surface area contributed by atoms with Gasteiger partial charge in [-0.2, -0.15) is 0 Å². The molecule has 0 radical (unpaired) electrons. The van der Waals surface area contributed by atoms with Crippen LogP contribution in [0.3, 0.4) is 0 Å². The van der Waals surface area contributed by atoms with Crippen LogP contribution in [0, 0.1) is 18.3 Å². The number of nitrogens with zero attached hydrogens (tertiary/aromatic N) is 2. The molecule has 20 heavy (non-hydrogen) atoms. The van der Waals surface area contributed by atoms with E-state index in [0.29, 0.717) is 12.5 Å². The number of hydrogen-bond donors (Lipinski definition) is 1. The van der Waals surface area contributed by atoms with Gasteiger partial charge in [-0.1, -0.05) is 33.1 Å². The molecule has 1 aromatic heterocycles. The lowest BCUT2D eigenvalue weighted by molar-refractivity contribution is 0.552. The van der Waals surface area contributed by atoms with Gasteiger partial charge in [0.2, 0.25) is 0 Å². The van der Waals surface area contributed by atoms with Crippen molar-refractivity contribution in [2.24, 2.45) is 5.92 Å². The summed E-state index contributed by atoms with van der Waals surface area (Å²) in [4.78, 5) is 6.71. The molecular weight excluding hydrogens is 246 g/mol. The van der Waals surface area contributed by atoms with Gasteiger partial charge in [0.15, 0.2) is 0 Å². The topological polar surface area (TPSA) is 28.2 Å². The Labute approximate surface area is 123 Å². The smallest absolute Gasteiger partial charge is 0.129 e. The van der Waals surface area contributed by atoms with Crippen molar-refractivity contribution in [1.82, 2.24) is 10.3 Å². The molecule has 0 spiro atoms. The largest absolute Gasteiger partial charge is 0.349 e. The molecule has 0 aliphatic rings. The number of aromatic nitrogens is 1. The van der Waals surface area contributed by atoms with E-state index in [4.69, 9.17) is 6.42 Å². The highest BCUT2D eigenvalue weighted by molar-refractivity contribution is 5.43. The molecule has 3 heteroatoms. The van der Waals surface area contributed by atoms with Crippen LogP contribution in [0.15, 0.2) is 12.1 Å². The van der Waals surface area contributed by atoms with Gasteiger partial charge in [-0.25, -0.2) is 4.98 Å². The van der Waals surface area contributed by atoms with Crippen LogP contribution in [0.1, 0.15) is 38.4 Å². The zero-order chi connectivity index (χ0) is 15.0. The van der Waals surface area contributed by atoms with Crippen molar-refractivity contribution in [1.29, 1.82) is 0 Å². The summed E-state index contributed by atoms with van der Waals surface area (Å²) < 4.78 is 0. The SMILES string of the molecule is C#CCN(C)c1cc(CNCC(C)C)cc(CCC)n1. The second-order valence-electron chi connectivity index (χ2n) is 5.66. The third-order valence-corrected chi connectivity index (χ3v) is 3.03. The zero-order valence-electron chi connectivity index (χ0n) is 13.2. The normalized spacial score (nSPS) is 10.6. The second kappa shape index (κ2) is 8.60. The maximum Gasteiger partial charge on any atom is 0.129 e. The van der Waals surface area contributed by atoms with Gasteiger partial charge in [0, 0.05) is 19.3 Å². The first kappa shape index (κ1) is 16.5. The predicted octanol–water partition coefficient (Wildman–Crippen LogP) is 2.85. The van der Waals surface area contributed by atoms with Crippen LogP contribution in [0.4, 0.5) is 5.82 Å². The van der Waals surface area contributed by atoms with Gasteiger partial charge >= 0.3 is 0 Å². The molecule has 0 amide bonds. The molecule has 0 atom stereocenters. The van der Waals surface area contributed by atoms with Crippen LogP contribution in [0.5, 0.6) is 0 Å². The maximum absolute atomic E-state index is 5.38. The Balaban J connectivity index is 2.84. The Bertz CT molecular complexity index is 446. The van der Waals surface area contributed by atoms with E-state index < -0.39 is 0 Å². The van der Waals surface area contributed by atoms with Gasteiger partial charge in [0.1, 0.15) is 5.82 Å². The van der Waals surface area contributed by atoms with Crippen molar-refractivity contribution < 1.29 is 0 Å². The predicted molar refractivity (Wildman–Crippen MR) is 86.9 cm³/mol. The summed E-state index contributed by atoms with van der Waals surface area (Å²) in [6.07, 6.45) is 7.50. The van der Waals surface area contributed by atoms with Crippen molar-refractivity contribution in [3.63, 3.8) is 0 Å². The molecule has 0 bridgehead atoms. The molecule has 0 fully saturated rings. The van der Waals surface area contributed by atoms with Gasteiger partial charge in [-0.3, -0.25) is 0 Å². The molecule has 3 nitrogen and oxygen atoms in total. The van der Waals surface area contributed by atoms with E-state index in [1.54, 1.807) is 0 Å². The number of terminal acetylenes is 1. The van der Waals surface area contributed by atoms with E-state index in [1.165, 1.54) is 5.56 Å². The van der Waals surface area contributed by atoms with Gasteiger partial charge in [-0.15, -0.1) is 6.42 Å². The minimum absolute atomic E-state index is 0.585. The lowest BCUT2D eigenvalue weighted by atomic mass is 10.1. The summed E-state index contributed by atoms with van der Waals surface area (Å²) in [5.74, 6) is 4.30. The van der Waals surface area contributed by atoms with E-state index >= 15 is 0 Å². The highest BCUT2D eigenvalue weighted by atomic mass is 15.2. The molecule has 1 heterocycles. The number of hydrogen-bond acceptors (Lipinski definition) is 3. The fourth-order valence-corrected chi connectivity index (χ4v) is 2.04. The Kier molecular flexibility index (Phi) is 7.11. The van der Waals surface area contributed by atoms with E-state index in [9.17, 15) is 0 Å². The highest BCUT2D eigenvalue weighted by Gasteiger charge is 2.06. The van der Waals surface area contributed by atoms with Crippen molar-refractivity contribution in [3.05, 3.63) is 23.4 Å². The Hall–Kier alpha value is -1.53. The zero-order valence-corrected chi connectivity index (χ0v) is 13.2. The third kappa shape index (κ3) is 5.63. The number of anilines is 1. The van der Waals surface area contributed by atoms with E-state index in [-0.39, 0.29) is 0 Å². The first-order valence-electron chi connectivity index (χ1n) is 7.42. The van der Waals surface area contributed by atoms with E-state index in [1.807, 2.05) is 11.9 Å². The molecule has 0 unspecified atom stereocenters. The number of nitrogens with one attached hydrogen (secondary N) is 1. The van der Waals surface area contributed by atoms with Crippen molar-refractivity contribution in [2.75, 3.05) is 25.0 Å². The van der Waals surface area contributed by atoms with Crippen LogP contribution >= 0.6 is 0 Å². The summed E-state index contributed by atoms with van der Waals surface area (Å²) in [6.45, 7) is 9.11. The van der Waals surface area contributed by atoms with E-state index in [0.717, 1.165) is 37.4 Å². The average molecular weight is 273 g/mol. The molecule has 1 rings (SSSR count). The monoisotopic (exact) mass is 273 g/mol. The third-order valence-electron chi connectivity index (χ3n) is 3.03. The van der Waals surface area contributed by atoms with Crippen LogP contribution in [-0.4, -0.2) is 25.1 Å². The molecule has 1 N–H and O–H groups in total. The van der Waals surface area contributed by atoms with Crippen molar-refractivity contribution in [2.45, 2.75) is 40.2 Å². The highest BCUT2D eigenvalue weighted by Crippen LogP contribution is 2.15.